The van der Waals surface area contributed by atoms with Crippen molar-refractivity contribution in [3.8, 4) is 0 Å². The molecule has 0 saturated heterocycles. The molecule has 26 heavy (non-hydrogen) atoms. The smallest absolute Gasteiger partial charge is 0.248 e. The number of aryl methyl sites for hydroxylation is 1. The maximum Gasteiger partial charge on any atom is 0.248 e. The van der Waals surface area contributed by atoms with Gasteiger partial charge in [0.2, 0.25) is 11.9 Å². The second-order valence-electron chi connectivity index (χ2n) is 6.76. The summed E-state index contributed by atoms with van der Waals surface area (Å²) < 4.78 is 13.3. The zero-order valence-corrected chi connectivity index (χ0v) is 14.4. The number of carbonyl (C=O) groups excluding carboxylic acids is 1. The first-order valence-corrected chi connectivity index (χ1v) is 8.60. The molecule has 0 aliphatic heterocycles. The molecule has 1 amide bonds. The van der Waals surface area contributed by atoms with Crippen LogP contribution >= 0.6 is 0 Å². The number of nitrogens with one attached hydrogen (secondary N) is 2. The molecule has 6 heteroatoms. The molecule has 0 spiro atoms. The van der Waals surface area contributed by atoms with E-state index in [1.807, 2.05) is 37.3 Å². The Kier molecular flexibility index (Phi) is 4.03. The minimum atomic E-state index is -0.477. The SMILES string of the molecule is Cc1ccccc1C1(C(=O)Nc2n[nH]c(Cc3cccc(F)c3)n2)CC1. The highest BCUT2D eigenvalue weighted by atomic mass is 19.1. The lowest BCUT2D eigenvalue weighted by molar-refractivity contribution is -0.118. The highest BCUT2D eigenvalue weighted by Gasteiger charge is 2.52. The van der Waals surface area contributed by atoms with E-state index >= 15 is 0 Å². The standard InChI is InChI=1S/C20H19FN4O/c1-13-5-2-3-8-16(13)20(9-10-20)18(26)23-19-22-17(24-25-19)12-14-6-4-7-15(21)11-14/h2-8,11H,9-10,12H2,1H3,(H2,22,23,24,25,26). The lowest BCUT2D eigenvalue weighted by atomic mass is 9.91. The molecule has 5 nitrogen and oxygen atoms in total. The van der Waals surface area contributed by atoms with Crippen LogP contribution in [0.25, 0.3) is 0 Å². The fourth-order valence-corrected chi connectivity index (χ4v) is 3.35. The third-order valence-electron chi connectivity index (χ3n) is 4.86. The number of nitrogens with zero attached hydrogens (tertiary/aromatic N) is 2. The van der Waals surface area contributed by atoms with Gasteiger partial charge in [-0.1, -0.05) is 36.4 Å². The third-order valence-corrected chi connectivity index (χ3v) is 4.86. The van der Waals surface area contributed by atoms with Crippen molar-refractivity contribution in [2.24, 2.45) is 0 Å². The fourth-order valence-electron chi connectivity index (χ4n) is 3.35. The lowest BCUT2D eigenvalue weighted by Crippen LogP contribution is -2.29. The number of aromatic amines is 1. The third kappa shape index (κ3) is 3.10. The molecular weight excluding hydrogens is 331 g/mol. The number of hydrogen-bond acceptors (Lipinski definition) is 3. The Morgan fingerprint density at radius 3 is 2.77 bits per heavy atom. The van der Waals surface area contributed by atoms with Gasteiger partial charge in [-0.3, -0.25) is 15.2 Å². The maximum absolute atomic E-state index is 13.3. The van der Waals surface area contributed by atoms with E-state index in [4.69, 9.17) is 0 Å². The molecule has 1 aliphatic rings. The van der Waals surface area contributed by atoms with Crippen molar-refractivity contribution in [2.75, 3.05) is 5.32 Å². The summed E-state index contributed by atoms with van der Waals surface area (Å²) in [6.07, 6.45) is 2.07. The number of benzene rings is 2. The monoisotopic (exact) mass is 350 g/mol. The predicted octanol–water partition coefficient (Wildman–Crippen LogP) is 3.51. The molecule has 0 bridgehead atoms. The highest BCUT2D eigenvalue weighted by Crippen LogP contribution is 2.49. The molecular formula is C20H19FN4O. The molecule has 0 radical (unpaired) electrons. The van der Waals surface area contributed by atoms with Crippen molar-refractivity contribution < 1.29 is 9.18 Å². The van der Waals surface area contributed by atoms with Crippen molar-refractivity contribution in [2.45, 2.75) is 31.6 Å². The Hall–Kier alpha value is -3.02. The van der Waals surface area contributed by atoms with E-state index in [0.29, 0.717) is 12.2 Å². The number of halogens is 1. The Morgan fingerprint density at radius 2 is 2.04 bits per heavy atom. The van der Waals surface area contributed by atoms with Crippen molar-refractivity contribution in [1.82, 2.24) is 15.2 Å². The Balaban J connectivity index is 1.47. The molecule has 2 N–H and O–H groups in total. The van der Waals surface area contributed by atoms with Gasteiger partial charge < -0.3 is 0 Å². The molecule has 1 aliphatic carbocycles. The summed E-state index contributed by atoms with van der Waals surface area (Å²) in [7, 11) is 0. The molecule has 3 aromatic rings. The Morgan fingerprint density at radius 1 is 1.23 bits per heavy atom. The van der Waals surface area contributed by atoms with E-state index in [2.05, 4.69) is 20.5 Å². The minimum absolute atomic E-state index is 0.0805. The van der Waals surface area contributed by atoms with E-state index in [9.17, 15) is 9.18 Å². The molecule has 2 aromatic carbocycles. The molecule has 4 rings (SSSR count). The van der Waals surface area contributed by atoms with E-state index in [1.54, 1.807) is 6.07 Å². The average Bonchev–Trinajstić information content (AvgIpc) is 3.31. The molecule has 1 heterocycles. The van der Waals surface area contributed by atoms with Crippen LogP contribution in [-0.4, -0.2) is 21.1 Å². The average molecular weight is 350 g/mol. The van der Waals surface area contributed by atoms with Gasteiger partial charge in [-0.15, -0.1) is 5.10 Å². The molecule has 0 atom stereocenters. The van der Waals surface area contributed by atoms with Gasteiger partial charge in [-0.25, -0.2) is 4.39 Å². The number of anilines is 1. The lowest BCUT2D eigenvalue weighted by Gasteiger charge is -2.16. The van der Waals surface area contributed by atoms with E-state index in [1.165, 1.54) is 12.1 Å². The van der Waals surface area contributed by atoms with E-state index < -0.39 is 5.41 Å². The molecule has 1 aromatic heterocycles. The first-order valence-electron chi connectivity index (χ1n) is 8.60. The molecule has 1 fully saturated rings. The summed E-state index contributed by atoms with van der Waals surface area (Å²) in [6, 6.07) is 14.3. The maximum atomic E-state index is 13.3. The van der Waals surface area contributed by atoms with Gasteiger partial charge in [0.1, 0.15) is 11.6 Å². The fraction of sp³-hybridized carbons (Fsp3) is 0.250. The number of carbonyl (C=O) groups is 1. The van der Waals surface area contributed by atoms with Crippen LogP contribution in [0.4, 0.5) is 10.3 Å². The van der Waals surface area contributed by atoms with Crippen LogP contribution in [0.15, 0.2) is 48.5 Å². The highest BCUT2D eigenvalue weighted by molar-refractivity contribution is 6.00. The first kappa shape index (κ1) is 16.4. The normalized spacial score (nSPS) is 14.8. The zero-order chi connectivity index (χ0) is 18.1. The largest absolute Gasteiger partial charge is 0.292 e. The summed E-state index contributed by atoms with van der Waals surface area (Å²) in [6.45, 7) is 2.02. The summed E-state index contributed by atoms with van der Waals surface area (Å²) in [5.74, 6) is 0.459. The summed E-state index contributed by atoms with van der Waals surface area (Å²) in [5.41, 5.74) is 2.49. The molecule has 1 saturated carbocycles. The van der Waals surface area contributed by atoms with Crippen molar-refractivity contribution in [1.29, 1.82) is 0 Å². The molecule has 0 unspecified atom stereocenters. The predicted molar refractivity (Wildman–Crippen MR) is 96.3 cm³/mol. The van der Waals surface area contributed by atoms with Gasteiger partial charge in [0.05, 0.1) is 5.41 Å². The number of H-pyrrole nitrogens is 1. The number of aromatic nitrogens is 3. The van der Waals surface area contributed by atoms with Crippen LogP contribution in [0, 0.1) is 12.7 Å². The zero-order valence-electron chi connectivity index (χ0n) is 14.4. The van der Waals surface area contributed by atoms with Gasteiger partial charge in [-0.05, 0) is 48.6 Å². The van der Waals surface area contributed by atoms with Gasteiger partial charge in [0, 0.05) is 6.42 Å². The Bertz CT molecular complexity index is 962. The summed E-state index contributed by atoms with van der Waals surface area (Å²) in [5, 5.41) is 9.70. The van der Waals surface area contributed by atoms with Crippen LogP contribution in [0.3, 0.4) is 0 Å². The van der Waals surface area contributed by atoms with Crippen molar-refractivity contribution in [3.63, 3.8) is 0 Å². The number of rotatable bonds is 5. The van der Waals surface area contributed by atoms with Crippen LogP contribution in [-0.2, 0) is 16.6 Å². The summed E-state index contributed by atoms with van der Waals surface area (Å²) in [4.78, 5) is 17.1. The second-order valence-corrected chi connectivity index (χ2v) is 6.76. The van der Waals surface area contributed by atoms with Crippen molar-refractivity contribution >= 4 is 11.9 Å². The van der Waals surface area contributed by atoms with Crippen LogP contribution < -0.4 is 5.32 Å². The van der Waals surface area contributed by atoms with Crippen LogP contribution in [0.1, 0.15) is 35.4 Å². The summed E-state index contributed by atoms with van der Waals surface area (Å²) >= 11 is 0. The van der Waals surface area contributed by atoms with Crippen LogP contribution in [0.5, 0.6) is 0 Å². The number of amides is 1. The van der Waals surface area contributed by atoms with Gasteiger partial charge in [-0.2, -0.15) is 4.98 Å². The van der Waals surface area contributed by atoms with Gasteiger partial charge in [0.15, 0.2) is 0 Å². The van der Waals surface area contributed by atoms with Crippen LogP contribution in [0.2, 0.25) is 0 Å². The van der Waals surface area contributed by atoms with Gasteiger partial charge in [0.25, 0.3) is 0 Å². The number of hydrogen-bond donors (Lipinski definition) is 2. The topological polar surface area (TPSA) is 70.7 Å². The van der Waals surface area contributed by atoms with Crippen molar-refractivity contribution in [3.05, 3.63) is 76.9 Å². The first-order chi connectivity index (χ1) is 12.6. The Labute approximate surface area is 150 Å². The second kappa shape index (κ2) is 6.37. The quantitative estimate of drug-likeness (QED) is 0.740. The van der Waals surface area contributed by atoms with E-state index in [0.717, 1.165) is 29.5 Å². The molecule has 132 valence electrons. The minimum Gasteiger partial charge on any atom is -0.292 e. The van der Waals surface area contributed by atoms with Gasteiger partial charge >= 0.3 is 0 Å². The van der Waals surface area contributed by atoms with E-state index in [-0.39, 0.29) is 17.7 Å².